The van der Waals surface area contributed by atoms with Gasteiger partial charge in [-0.2, -0.15) is 5.10 Å². The molecule has 0 atom stereocenters. The lowest BCUT2D eigenvalue weighted by atomic mass is 10.1. The monoisotopic (exact) mass is 475 g/mol. The molecule has 0 aliphatic rings. The zero-order chi connectivity index (χ0) is 23.9. The maximum atomic E-state index is 13.5. The van der Waals surface area contributed by atoms with Gasteiger partial charge in [-0.3, -0.25) is 14.5 Å². The Morgan fingerprint density at radius 3 is 2.59 bits per heavy atom. The van der Waals surface area contributed by atoms with E-state index < -0.39 is 10.0 Å². The van der Waals surface area contributed by atoms with Gasteiger partial charge in [0, 0.05) is 47.4 Å². The van der Waals surface area contributed by atoms with Gasteiger partial charge in [-0.15, -0.1) is 0 Å². The van der Waals surface area contributed by atoms with E-state index >= 15 is 0 Å². The lowest BCUT2D eigenvalue weighted by Crippen LogP contribution is -2.24. The minimum atomic E-state index is -3.66. The highest BCUT2D eigenvalue weighted by Gasteiger charge is 2.14. The largest absolute Gasteiger partial charge is 0.361 e. The van der Waals surface area contributed by atoms with Crippen molar-refractivity contribution >= 4 is 31.7 Å². The van der Waals surface area contributed by atoms with Crippen LogP contribution in [0.3, 0.4) is 0 Å². The molecule has 9 nitrogen and oxygen atoms in total. The normalized spacial score (nSPS) is 11.9. The number of sulfonamides is 1. The molecular weight excluding hydrogens is 454 g/mol. The van der Waals surface area contributed by atoms with Crippen LogP contribution in [0.25, 0.3) is 32.8 Å². The fourth-order valence-electron chi connectivity index (χ4n) is 3.82. The van der Waals surface area contributed by atoms with Crippen molar-refractivity contribution in [3.8, 4) is 11.1 Å². The number of aryl methyl sites for hydroxylation is 2. The second-order valence-electron chi connectivity index (χ2n) is 8.15. The van der Waals surface area contributed by atoms with Crippen LogP contribution in [0.15, 0.2) is 70.4 Å². The maximum Gasteiger partial charge on any atom is 0.216 e. The number of benzene rings is 1. The van der Waals surface area contributed by atoms with E-state index in [1.54, 1.807) is 60.4 Å². The summed E-state index contributed by atoms with van der Waals surface area (Å²) in [6.45, 7) is 1.77. The standard InChI is InChI=1S/C24H21N5O4S/c1-15-7-20(28-33-15)12-27-34(31,32)14-16-3-4-17-5-6-23-22(24(30)21(17)8-16)9-18(10-25-23)19-11-26-29(2)13-19/h3-11,13,27H,12,14H2,1-2H3. The van der Waals surface area contributed by atoms with Crippen molar-refractivity contribution in [1.82, 2.24) is 24.6 Å². The number of nitrogens with one attached hydrogen (secondary N) is 1. The molecule has 3 heterocycles. The molecule has 10 heteroatoms. The molecule has 0 fully saturated rings. The van der Waals surface area contributed by atoms with Gasteiger partial charge in [-0.05, 0) is 36.1 Å². The van der Waals surface area contributed by atoms with Crippen LogP contribution in [0.1, 0.15) is 17.0 Å². The molecule has 0 aliphatic carbocycles. The number of nitrogens with zero attached hydrogens (tertiary/aromatic N) is 4. The molecule has 0 unspecified atom stereocenters. The Bertz CT molecular complexity index is 1710. The first-order chi connectivity index (χ1) is 16.3. The quantitative estimate of drug-likeness (QED) is 0.401. The highest BCUT2D eigenvalue weighted by Crippen LogP contribution is 2.22. The summed E-state index contributed by atoms with van der Waals surface area (Å²) < 4.78 is 34.4. The Hall–Kier alpha value is -3.89. The molecule has 0 bridgehead atoms. The fraction of sp³-hybridized carbons (Fsp3) is 0.167. The van der Waals surface area contributed by atoms with Crippen LogP contribution < -0.4 is 10.2 Å². The predicted molar refractivity (Wildman–Crippen MR) is 128 cm³/mol. The van der Waals surface area contributed by atoms with Gasteiger partial charge in [0.05, 0.1) is 29.7 Å². The Morgan fingerprint density at radius 1 is 1.03 bits per heavy atom. The fourth-order valence-corrected chi connectivity index (χ4v) is 4.91. The highest BCUT2D eigenvalue weighted by molar-refractivity contribution is 7.88. The molecule has 0 amide bonds. The van der Waals surface area contributed by atoms with E-state index in [0.29, 0.717) is 38.7 Å². The lowest BCUT2D eigenvalue weighted by Gasteiger charge is -2.06. The molecule has 172 valence electrons. The van der Waals surface area contributed by atoms with Gasteiger partial charge in [0.15, 0.2) is 5.43 Å². The molecular formula is C24H21N5O4S. The van der Waals surface area contributed by atoms with E-state index in [1.165, 1.54) is 0 Å². The van der Waals surface area contributed by atoms with Crippen molar-refractivity contribution in [3.05, 3.63) is 88.3 Å². The topological polar surface area (TPSA) is 120 Å². The summed E-state index contributed by atoms with van der Waals surface area (Å²) in [6, 6.07) is 12.2. The minimum absolute atomic E-state index is 0.0302. The smallest absolute Gasteiger partial charge is 0.216 e. The Labute approximate surface area is 195 Å². The second-order valence-corrected chi connectivity index (χ2v) is 9.96. The van der Waals surface area contributed by atoms with Crippen LogP contribution in [0, 0.1) is 6.92 Å². The van der Waals surface area contributed by atoms with Crippen molar-refractivity contribution in [2.75, 3.05) is 0 Å². The number of fused-ring (bicyclic) bond motifs is 2. The van der Waals surface area contributed by atoms with Crippen molar-refractivity contribution in [1.29, 1.82) is 0 Å². The Kier molecular flexibility index (Phi) is 5.46. The van der Waals surface area contributed by atoms with Crippen molar-refractivity contribution in [2.24, 2.45) is 7.05 Å². The van der Waals surface area contributed by atoms with Gasteiger partial charge < -0.3 is 4.52 Å². The lowest BCUT2D eigenvalue weighted by molar-refractivity contribution is 0.390. The Morgan fingerprint density at radius 2 is 1.85 bits per heavy atom. The summed E-state index contributed by atoms with van der Waals surface area (Å²) in [5.41, 5.74) is 2.99. The third kappa shape index (κ3) is 4.45. The van der Waals surface area contributed by atoms with Crippen LogP contribution >= 0.6 is 0 Å². The molecule has 2 aromatic carbocycles. The van der Waals surface area contributed by atoms with Crippen LogP contribution in [-0.4, -0.2) is 28.3 Å². The molecule has 0 saturated heterocycles. The first-order valence-electron chi connectivity index (χ1n) is 10.5. The van der Waals surface area contributed by atoms with Gasteiger partial charge in [-0.25, -0.2) is 13.1 Å². The zero-order valence-corrected chi connectivity index (χ0v) is 19.3. The van der Waals surface area contributed by atoms with Gasteiger partial charge in [-0.1, -0.05) is 23.4 Å². The van der Waals surface area contributed by atoms with Crippen molar-refractivity contribution in [2.45, 2.75) is 19.2 Å². The molecule has 3 aromatic heterocycles. The molecule has 1 N–H and O–H groups in total. The van der Waals surface area contributed by atoms with Crippen molar-refractivity contribution < 1.29 is 12.9 Å². The Balaban J connectivity index is 1.51. The van der Waals surface area contributed by atoms with Crippen LogP contribution in [-0.2, 0) is 29.4 Å². The summed E-state index contributed by atoms with van der Waals surface area (Å²) >= 11 is 0. The van der Waals surface area contributed by atoms with Gasteiger partial charge >= 0.3 is 0 Å². The highest BCUT2D eigenvalue weighted by atomic mass is 32.2. The van der Waals surface area contributed by atoms with Gasteiger partial charge in [0.1, 0.15) is 5.76 Å². The van der Waals surface area contributed by atoms with Crippen LogP contribution in [0.2, 0.25) is 0 Å². The third-order valence-electron chi connectivity index (χ3n) is 5.49. The van der Waals surface area contributed by atoms with E-state index in [-0.39, 0.29) is 17.7 Å². The summed E-state index contributed by atoms with van der Waals surface area (Å²) in [5, 5.41) is 9.56. The van der Waals surface area contributed by atoms with E-state index in [0.717, 1.165) is 11.1 Å². The molecule has 5 aromatic rings. The molecule has 0 aliphatic heterocycles. The van der Waals surface area contributed by atoms with Crippen LogP contribution in [0.5, 0.6) is 0 Å². The molecule has 0 spiro atoms. The summed E-state index contributed by atoms with van der Waals surface area (Å²) in [7, 11) is -1.84. The van der Waals surface area contributed by atoms with E-state index in [9.17, 15) is 13.2 Å². The molecule has 0 radical (unpaired) electrons. The number of hydrogen-bond donors (Lipinski definition) is 1. The SMILES string of the molecule is Cc1cc(CNS(=O)(=O)Cc2ccc3ccc4ncc(-c5cnn(C)c5)cc4c(=O)c3c2)no1. The second kappa shape index (κ2) is 8.47. The molecule has 5 rings (SSSR count). The van der Waals surface area contributed by atoms with Gasteiger partial charge in [0.25, 0.3) is 0 Å². The van der Waals surface area contributed by atoms with Gasteiger partial charge in [0.2, 0.25) is 10.0 Å². The molecule has 34 heavy (non-hydrogen) atoms. The first-order valence-corrected chi connectivity index (χ1v) is 12.2. The van der Waals surface area contributed by atoms with E-state index in [1.807, 2.05) is 19.3 Å². The average molecular weight is 476 g/mol. The summed E-state index contributed by atoms with van der Waals surface area (Å²) in [4.78, 5) is 17.9. The zero-order valence-electron chi connectivity index (χ0n) is 18.5. The number of hydrogen-bond acceptors (Lipinski definition) is 7. The summed E-state index contributed by atoms with van der Waals surface area (Å²) in [6.07, 6.45) is 5.28. The van der Waals surface area contributed by atoms with Crippen LogP contribution in [0.4, 0.5) is 0 Å². The minimum Gasteiger partial charge on any atom is -0.361 e. The molecule has 0 saturated carbocycles. The van der Waals surface area contributed by atoms with E-state index in [4.69, 9.17) is 4.52 Å². The van der Waals surface area contributed by atoms with E-state index in [2.05, 4.69) is 20.0 Å². The predicted octanol–water partition coefficient (Wildman–Crippen LogP) is 3.06. The third-order valence-corrected chi connectivity index (χ3v) is 6.79. The first kappa shape index (κ1) is 21.9. The number of pyridine rings is 1. The number of rotatable bonds is 6. The number of aromatic nitrogens is 4. The maximum absolute atomic E-state index is 13.5. The average Bonchev–Trinajstić information content (AvgIpc) is 3.40. The van der Waals surface area contributed by atoms with Crippen molar-refractivity contribution in [3.63, 3.8) is 0 Å². The summed E-state index contributed by atoms with van der Waals surface area (Å²) in [5.74, 6) is 0.336.